The second kappa shape index (κ2) is 9.28. The summed E-state index contributed by atoms with van der Waals surface area (Å²) in [6.45, 7) is 15.1. The third-order valence-electron chi connectivity index (χ3n) is 7.29. The minimum Gasteiger partial charge on any atom is -0.465 e. The normalized spacial score (nSPS) is 33.2. The quantitative estimate of drug-likeness (QED) is 0.418. The van der Waals surface area contributed by atoms with Gasteiger partial charge in [-0.2, -0.15) is 0 Å². The zero-order valence-corrected chi connectivity index (χ0v) is 18.4. The number of hydrogen-bond acceptors (Lipinski definition) is 4. The molecule has 4 nitrogen and oxygen atoms in total. The Morgan fingerprint density at radius 2 is 1.82 bits per heavy atom. The SMILES string of the molecule is C=C1CC[C@H]2[C@@](C)(COC(C)=O)CCC[C@]2(C)[C@H]1CCC(C)=CCOC(C)=O. The molecule has 28 heavy (non-hydrogen) atoms. The number of carbonyl (C=O) groups excluding carboxylic acids is 2. The highest BCUT2D eigenvalue weighted by molar-refractivity contribution is 5.66. The van der Waals surface area contributed by atoms with Crippen LogP contribution in [0.3, 0.4) is 0 Å². The maximum atomic E-state index is 11.4. The lowest BCUT2D eigenvalue weighted by molar-refractivity contribution is -0.152. The largest absolute Gasteiger partial charge is 0.465 e. The third kappa shape index (κ3) is 5.27. The Hall–Kier alpha value is -1.58. The van der Waals surface area contributed by atoms with Crippen molar-refractivity contribution in [3.63, 3.8) is 0 Å². The summed E-state index contributed by atoms with van der Waals surface area (Å²) < 4.78 is 10.5. The fourth-order valence-corrected chi connectivity index (χ4v) is 5.83. The third-order valence-corrected chi connectivity index (χ3v) is 7.29. The van der Waals surface area contributed by atoms with E-state index in [0.717, 1.165) is 32.1 Å². The standard InChI is InChI=1S/C24H38O4/c1-17(12-15-27-19(3)25)8-10-21-18(2)9-11-22-23(5,16-28-20(4)26)13-7-14-24(21,22)6/h12,21-22H,2,7-11,13-16H2,1,3-6H3/t21-,22-,23+,24+/m0/s1. The Kier molecular flexibility index (Phi) is 7.52. The van der Waals surface area contributed by atoms with Crippen LogP contribution in [0.5, 0.6) is 0 Å². The van der Waals surface area contributed by atoms with Crippen molar-refractivity contribution in [2.75, 3.05) is 13.2 Å². The van der Waals surface area contributed by atoms with Gasteiger partial charge in [-0.25, -0.2) is 0 Å². The second-order valence-electron chi connectivity index (χ2n) is 9.49. The molecule has 2 aliphatic rings. The topological polar surface area (TPSA) is 52.6 Å². The first-order chi connectivity index (χ1) is 13.1. The fourth-order valence-electron chi connectivity index (χ4n) is 5.83. The van der Waals surface area contributed by atoms with Crippen molar-refractivity contribution in [2.45, 2.75) is 79.6 Å². The monoisotopic (exact) mass is 390 g/mol. The Balaban J connectivity index is 2.10. The van der Waals surface area contributed by atoms with Crippen LogP contribution in [0.2, 0.25) is 0 Å². The van der Waals surface area contributed by atoms with Crippen LogP contribution in [0.1, 0.15) is 79.6 Å². The zero-order chi connectivity index (χ0) is 20.9. The molecule has 0 aromatic heterocycles. The molecule has 0 heterocycles. The molecule has 0 unspecified atom stereocenters. The van der Waals surface area contributed by atoms with E-state index < -0.39 is 0 Å². The number of allylic oxidation sites excluding steroid dienone is 2. The Morgan fingerprint density at radius 1 is 1.14 bits per heavy atom. The van der Waals surface area contributed by atoms with Crippen LogP contribution in [0.15, 0.2) is 23.8 Å². The van der Waals surface area contributed by atoms with Gasteiger partial charge < -0.3 is 9.47 Å². The lowest BCUT2D eigenvalue weighted by Crippen LogP contribution is -2.52. The van der Waals surface area contributed by atoms with Crippen molar-refractivity contribution in [3.05, 3.63) is 23.8 Å². The van der Waals surface area contributed by atoms with Gasteiger partial charge in [-0.1, -0.05) is 38.0 Å². The molecule has 2 fully saturated rings. The van der Waals surface area contributed by atoms with E-state index in [0.29, 0.717) is 25.0 Å². The second-order valence-corrected chi connectivity index (χ2v) is 9.49. The lowest BCUT2D eigenvalue weighted by atomic mass is 9.47. The number of rotatable bonds is 7. The molecular formula is C24H38O4. The highest BCUT2D eigenvalue weighted by atomic mass is 16.5. The summed E-state index contributed by atoms with van der Waals surface area (Å²) in [6.07, 6.45) is 9.82. The van der Waals surface area contributed by atoms with Crippen LogP contribution in [-0.2, 0) is 19.1 Å². The molecule has 0 aliphatic heterocycles. The molecule has 0 radical (unpaired) electrons. The molecule has 2 aliphatic carbocycles. The Bertz CT molecular complexity index is 635. The molecule has 0 aromatic rings. The van der Waals surface area contributed by atoms with E-state index in [9.17, 15) is 9.59 Å². The predicted molar refractivity (Wildman–Crippen MR) is 112 cm³/mol. The molecule has 0 bridgehead atoms. The lowest BCUT2D eigenvalue weighted by Gasteiger charge is -2.58. The zero-order valence-electron chi connectivity index (χ0n) is 18.4. The van der Waals surface area contributed by atoms with Gasteiger partial charge >= 0.3 is 11.9 Å². The van der Waals surface area contributed by atoms with Gasteiger partial charge in [0.1, 0.15) is 6.61 Å². The molecule has 0 saturated heterocycles. The van der Waals surface area contributed by atoms with E-state index in [1.165, 1.54) is 37.8 Å². The summed E-state index contributed by atoms with van der Waals surface area (Å²) in [5.41, 5.74) is 2.90. The molecule has 2 saturated carbocycles. The van der Waals surface area contributed by atoms with Crippen LogP contribution in [0.25, 0.3) is 0 Å². The number of esters is 2. The summed E-state index contributed by atoms with van der Waals surface area (Å²) in [4.78, 5) is 22.4. The Morgan fingerprint density at radius 3 is 2.46 bits per heavy atom. The van der Waals surface area contributed by atoms with E-state index in [-0.39, 0.29) is 22.8 Å². The van der Waals surface area contributed by atoms with Gasteiger partial charge in [0.25, 0.3) is 0 Å². The van der Waals surface area contributed by atoms with Crippen molar-refractivity contribution in [3.8, 4) is 0 Å². The molecule has 0 amide bonds. The van der Waals surface area contributed by atoms with Crippen molar-refractivity contribution in [1.29, 1.82) is 0 Å². The van der Waals surface area contributed by atoms with Gasteiger partial charge in [-0.05, 0) is 68.8 Å². The van der Waals surface area contributed by atoms with Crippen molar-refractivity contribution < 1.29 is 19.1 Å². The van der Waals surface area contributed by atoms with Crippen LogP contribution < -0.4 is 0 Å². The first-order valence-corrected chi connectivity index (χ1v) is 10.7. The van der Waals surface area contributed by atoms with Crippen LogP contribution >= 0.6 is 0 Å². The molecule has 4 heteroatoms. The minimum atomic E-state index is -0.241. The maximum Gasteiger partial charge on any atom is 0.302 e. The minimum absolute atomic E-state index is 0.0534. The summed E-state index contributed by atoms with van der Waals surface area (Å²) >= 11 is 0. The predicted octanol–water partition coefficient (Wildman–Crippen LogP) is 5.62. The van der Waals surface area contributed by atoms with Crippen LogP contribution in [-0.4, -0.2) is 25.2 Å². The van der Waals surface area contributed by atoms with E-state index in [1.54, 1.807) is 0 Å². The molecule has 0 N–H and O–H groups in total. The smallest absolute Gasteiger partial charge is 0.302 e. The van der Waals surface area contributed by atoms with Crippen LogP contribution in [0, 0.1) is 22.7 Å². The molecule has 158 valence electrons. The van der Waals surface area contributed by atoms with Crippen molar-refractivity contribution in [1.82, 2.24) is 0 Å². The first kappa shape index (κ1) is 22.7. The van der Waals surface area contributed by atoms with Gasteiger partial charge in [-0.3, -0.25) is 9.59 Å². The fraction of sp³-hybridized carbons (Fsp3) is 0.750. The average Bonchev–Trinajstić information content (AvgIpc) is 2.59. The number of hydrogen-bond donors (Lipinski definition) is 0. The summed E-state index contributed by atoms with van der Waals surface area (Å²) in [6, 6.07) is 0. The van der Waals surface area contributed by atoms with Gasteiger partial charge in [0.2, 0.25) is 0 Å². The van der Waals surface area contributed by atoms with Crippen molar-refractivity contribution >= 4 is 11.9 Å². The molecular weight excluding hydrogens is 352 g/mol. The number of ether oxygens (including phenoxy) is 2. The van der Waals surface area contributed by atoms with Gasteiger partial charge in [0.05, 0.1) is 6.61 Å². The molecule has 4 atom stereocenters. The summed E-state index contributed by atoms with van der Waals surface area (Å²) in [5, 5.41) is 0. The van der Waals surface area contributed by atoms with E-state index in [4.69, 9.17) is 9.47 Å². The number of carbonyl (C=O) groups is 2. The molecule has 2 rings (SSSR count). The van der Waals surface area contributed by atoms with Crippen molar-refractivity contribution in [2.24, 2.45) is 22.7 Å². The highest BCUT2D eigenvalue weighted by Gasteiger charge is 2.54. The first-order valence-electron chi connectivity index (χ1n) is 10.7. The maximum absolute atomic E-state index is 11.4. The number of fused-ring (bicyclic) bond motifs is 1. The average molecular weight is 391 g/mol. The van der Waals surface area contributed by atoms with Gasteiger partial charge in [-0.15, -0.1) is 0 Å². The summed E-state index contributed by atoms with van der Waals surface area (Å²) in [7, 11) is 0. The van der Waals surface area contributed by atoms with E-state index in [2.05, 4.69) is 27.4 Å². The van der Waals surface area contributed by atoms with Gasteiger partial charge in [0.15, 0.2) is 0 Å². The van der Waals surface area contributed by atoms with Crippen LogP contribution in [0.4, 0.5) is 0 Å². The molecule has 0 spiro atoms. The Labute approximate surface area is 170 Å². The van der Waals surface area contributed by atoms with Gasteiger partial charge in [0, 0.05) is 19.3 Å². The van der Waals surface area contributed by atoms with E-state index >= 15 is 0 Å². The van der Waals surface area contributed by atoms with E-state index in [1.807, 2.05) is 6.08 Å². The molecule has 0 aromatic carbocycles. The summed E-state index contributed by atoms with van der Waals surface area (Å²) in [5.74, 6) is 0.613. The highest BCUT2D eigenvalue weighted by Crippen LogP contribution is 2.62.